The Kier molecular flexibility index (Phi) is 5.62. The largest absolute Gasteiger partial charge is 0.507 e. The molecule has 3 heteroatoms. The van der Waals surface area contributed by atoms with Crippen molar-refractivity contribution in [2.24, 2.45) is 4.99 Å². The molecule has 0 saturated carbocycles. The summed E-state index contributed by atoms with van der Waals surface area (Å²) in [6, 6.07) is 4.51. The van der Waals surface area contributed by atoms with Crippen LogP contribution in [0.15, 0.2) is 17.1 Å². The van der Waals surface area contributed by atoms with Crippen molar-refractivity contribution in [1.82, 2.24) is 5.32 Å². The van der Waals surface area contributed by atoms with Crippen molar-refractivity contribution in [2.75, 3.05) is 0 Å². The number of nitrogens with one attached hydrogen (secondary N) is 1. The second-order valence-corrected chi connectivity index (χ2v) is 11.7. The molecule has 2 rings (SSSR count). The Morgan fingerprint density at radius 2 is 1.33 bits per heavy atom. The van der Waals surface area contributed by atoms with Crippen molar-refractivity contribution in [1.29, 1.82) is 0 Å². The summed E-state index contributed by atoms with van der Waals surface area (Å²) in [5.41, 5.74) is 3.00. The minimum atomic E-state index is -0.118. The van der Waals surface area contributed by atoms with Crippen molar-refractivity contribution >= 4 is 6.21 Å². The molecule has 152 valence electrons. The van der Waals surface area contributed by atoms with Gasteiger partial charge in [-0.15, -0.1) is 0 Å². The summed E-state index contributed by atoms with van der Waals surface area (Å²) in [7, 11) is 0. The predicted octanol–water partition coefficient (Wildman–Crippen LogP) is 5.72. The number of hydrogen-bond donors (Lipinski definition) is 2. The van der Waals surface area contributed by atoms with Crippen LogP contribution in [0.4, 0.5) is 0 Å². The van der Waals surface area contributed by atoms with Gasteiger partial charge in [0.15, 0.2) is 0 Å². The predicted molar refractivity (Wildman–Crippen MR) is 117 cm³/mol. The maximum Gasteiger partial charge on any atom is 0.123 e. The van der Waals surface area contributed by atoms with E-state index in [-0.39, 0.29) is 21.9 Å². The van der Waals surface area contributed by atoms with Crippen LogP contribution in [0, 0.1) is 0 Å². The Balaban J connectivity index is 2.42. The maximum atomic E-state index is 10.9. The van der Waals surface area contributed by atoms with Gasteiger partial charge in [-0.2, -0.15) is 0 Å². The highest BCUT2D eigenvalue weighted by Crippen LogP contribution is 2.39. The monoisotopic (exact) mass is 372 g/mol. The molecule has 0 unspecified atom stereocenters. The Morgan fingerprint density at radius 3 is 1.70 bits per heavy atom. The normalized spacial score (nSPS) is 21.0. The van der Waals surface area contributed by atoms with E-state index in [2.05, 4.69) is 86.7 Å². The number of piperidine rings is 1. The van der Waals surface area contributed by atoms with E-state index in [1.165, 1.54) is 0 Å². The van der Waals surface area contributed by atoms with Gasteiger partial charge in [0.2, 0.25) is 0 Å². The molecule has 1 saturated heterocycles. The van der Waals surface area contributed by atoms with Crippen LogP contribution in [0.1, 0.15) is 98.8 Å². The minimum absolute atomic E-state index is 0.0891. The number of aromatic hydroxyl groups is 1. The lowest BCUT2D eigenvalue weighted by Gasteiger charge is -2.45. The van der Waals surface area contributed by atoms with Gasteiger partial charge in [-0.1, -0.05) is 41.5 Å². The Morgan fingerprint density at radius 1 is 0.926 bits per heavy atom. The van der Waals surface area contributed by atoms with Crippen LogP contribution in [0.5, 0.6) is 5.75 Å². The van der Waals surface area contributed by atoms with E-state index in [1.807, 2.05) is 6.21 Å². The third kappa shape index (κ3) is 5.57. The molecular weight excluding hydrogens is 332 g/mol. The molecule has 1 aromatic carbocycles. The Labute approximate surface area is 166 Å². The number of phenolic OH excluding ortho intramolecular Hbond substituents is 1. The van der Waals surface area contributed by atoms with Gasteiger partial charge in [-0.05, 0) is 69.1 Å². The number of aliphatic imine (C=N–C) groups is 1. The van der Waals surface area contributed by atoms with Gasteiger partial charge in [-0.25, -0.2) is 0 Å². The lowest BCUT2D eigenvalue weighted by atomic mass is 9.78. The van der Waals surface area contributed by atoms with Crippen LogP contribution in [0.3, 0.4) is 0 Å². The van der Waals surface area contributed by atoms with Gasteiger partial charge in [-0.3, -0.25) is 4.99 Å². The summed E-state index contributed by atoms with van der Waals surface area (Å²) in [6.07, 6.45) is 4.08. The van der Waals surface area contributed by atoms with Crippen molar-refractivity contribution in [3.8, 4) is 5.75 Å². The van der Waals surface area contributed by atoms with Gasteiger partial charge >= 0.3 is 0 Å². The van der Waals surface area contributed by atoms with E-state index in [0.29, 0.717) is 11.8 Å². The first kappa shape index (κ1) is 21.9. The van der Waals surface area contributed by atoms with Gasteiger partial charge in [0, 0.05) is 28.4 Å². The van der Waals surface area contributed by atoms with Crippen molar-refractivity contribution in [2.45, 2.75) is 110 Å². The van der Waals surface area contributed by atoms with Crippen LogP contribution >= 0.6 is 0 Å². The van der Waals surface area contributed by atoms with Crippen LogP contribution in [0.2, 0.25) is 0 Å². The first-order valence-corrected chi connectivity index (χ1v) is 10.2. The summed E-state index contributed by atoms with van der Waals surface area (Å²) < 4.78 is 0. The molecule has 0 spiro atoms. The summed E-state index contributed by atoms with van der Waals surface area (Å²) in [4.78, 5) is 4.97. The quantitative estimate of drug-likeness (QED) is 0.653. The Hall–Kier alpha value is -1.35. The summed E-state index contributed by atoms with van der Waals surface area (Å²) >= 11 is 0. The zero-order valence-corrected chi connectivity index (χ0v) is 19.1. The lowest BCUT2D eigenvalue weighted by Crippen LogP contribution is -2.58. The van der Waals surface area contributed by atoms with E-state index in [1.54, 1.807) is 0 Å². The first-order chi connectivity index (χ1) is 12.0. The number of benzene rings is 1. The van der Waals surface area contributed by atoms with Crippen LogP contribution in [0.25, 0.3) is 0 Å². The van der Waals surface area contributed by atoms with Crippen molar-refractivity contribution < 1.29 is 5.11 Å². The molecule has 1 aliphatic heterocycles. The van der Waals surface area contributed by atoms with Gasteiger partial charge in [0.1, 0.15) is 5.75 Å². The van der Waals surface area contributed by atoms with Crippen molar-refractivity contribution in [3.63, 3.8) is 0 Å². The lowest BCUT2D eigenvalue weighted by molar-refractivity contribution is 0.164. The molecule has 1 fully saturated rings. The van der Waals surface area contributed by atoms with E-state index >= 15 is 0 Å². The highest BCUT2D eigenvalue weighted by atomic mass is 16.3. The second-order valence-electron chi connectivity index (χ2n) is 11.7. The Bertz CT molecular complexity index is 664. The van der Waals surface area contributed by atoms with Gasteiger partial charge in [0.25, 0.3) is 0 Å². The maximum absolute atomic E-state index is 10.9. The molecule has 2 N–H and O–H groups in total. The number of phenols is 1. The molecule has 1 heterocycles. The molecule has 0 bridgehead atoms. The zero-order chi connectivity index (χ0) is 20.8. The minimum Gasteiger partial charge on any atom is -0.507 e. The third-order valence-electron chi connectivity index (χ3n) is 5.35. The average molecular weight is 373 g/mol. The van der Waals surface area contributed by atoms with Crippen LogP contribution in [-0.4, -0.2) is 28.4 Å². The van der Waals surface area contributed by atoms with Crippen LogP contribution < -0.4 is 5.32 Å². The fourth-order valence-electron chi connectivity index (χ4n) is 4.44. The third-order valence-corrected chi connectivity index (χ3v) is 5.35. The number of rotatable bonds is 2. The van der Waals surface area contributed by atoms with E-state index in [4.69, 9.17) is 4.99 Å². The molecule has 0 aromatic heterocycles. The summed E-state index contributed by atoms with van der Waals surface area (Å²) in [5, 5.41) is 14.6. The summed E-state index contributed by atoms with van der Waals surface area (Å²) in [6.45, 7) is 21.9. The van der Waals surface area contributed by atoms with Crippen molar-refractivity contribution in [3.05, 3.63) is 28.8 Å². The molecule has 0 aliphatic carbocycles. The van der Waals surface area contributed by atoms with E-state index < -0.39 is 0 Å². The average Bonchev–Trinajstić information content (AvgIpc) is 2.40. The highest BCUT2D eigenvalue weighted by Gasteiger charge is 2.37. The molecular formula is C24H40N2O. The van der Waals surface area contributed by atoms with E-state index in [0.717, 1.165) is 29.5 Å². The number of hydrogen-bond acceptors (Lipinski definition) is 3. The fourth-order valence-corrected chi connectivity index (χ4v) is 4.44. The fraction of sp³-hybridized carbons (Fsp3) is 0.708. The second kappa shape index (κ2) is 6.92. The smallest absolute Gasteiger partial charge is 0.123 e. The first-order valence-electron chi connectivity index (χ1n) is 10.2. The molecule has 0 atom stereocenters. The van der Waals surface area contributed by atoms with Crippen LogP contribution in [-0.2, 0) is 10.8 Å². The zero-order valence-electron chi connectivity index (χ0n) is 19.1. The molecule has 3 nitrogen and oxygen atoms in total. The molecule has 1 aromatic rings. The topological polar surface area (TPSA) is 44.6 Å². The molecule has 0 amide bonds. The number of nitrogens with zero attached hydrogens (tertiary/aromatic N) is 1. The molecule has 1 aliphatic rings. The van der Waals surface area contributed by atoms with Gasteiger partial charge in [0.05, 0.1) is 6.04 Å². The SMILES string of the molecule is CC1(C)CC(N=Cc2cc(C(C)(C)C)c(O)c(C(C)(C)C)c2)CC(C)(C)N1. The van der Waals surface area contributed by atoms with E-state index in [9.17, 15) is 5.11 Å². The molecule has 0 radical (unpaired) electrons. The standard InChI is InChI=1S/C24H40N2O/c1-21(2,3)18-11-16(12-19(20(18)27)22(4,5)6)15-25-17-13-23(7,8)26-24(9,10)14-17/h11-12,15,17,26-27H,13-14H2,1-10H3. The molecule has 27 heavy (non-hydrogen) atoms. The van der Waals surface area contributed by atoms with Gasteiger partial charge < -0.3 is 10.4 Å². The summed E-state index contributed by atoms with van der Waals surface area (Å²) in [5.74, 6) is 0.427. The highest BCUT2D eigenvalue weighted by molar-refractivity contribution is 5.81.